The number of ether oxygens (including phenoxy) is 1. The van der Waals surface area contributed by atoms with E-state index in [0.717, 1.165) is 41.6 Å². The lowest BCUT2D eigenvalue weighted by molar-refractivity contribution is 0.264. The quantitative estimate of drug-likeness (QED) is 0.874. The van der Waals surface area contributed by atoms with Crippen LogP contribution in [-0.2, 0) is 6.54 Å². The Labute approximate surface area is 128 Å². The highest BCUT2D eigenvalue weighted by Crippen LogP contribution is 2.24. The molecule has 0 amide bonds. The van der Waals surface area contributed by atoms with E-state index < -0.39 is 0 Å². The molecule has 1 aromatic rings. The van der Waals surface area contributed by atoms with Crippen LogP contribution in [0.25, 0.3) is 0 Å². The van der Waals surface area contributed by atoms with Gasteiger partial charge in [-0.25, -0.2) is 0 Å². The van der Waals surface area contributed by atoms with Crippen LogP contribution in [0.15, 0.2) is 6.20 Å². The number of aryl methyl sites for hydroxylation is 1. The molecule has 4 nitrogen and oxygen atoms in total. The fourth-order valence-corrected chi connectivity index (χ4v) is 3.14. The number of hydrogen-bond donors (Lipinski definition) is 1. The predicted molar refractivity (Wildman–Crippen MR) is 86.8 cm³/mol. The molecule has 4 heteroatoms. The van der Waals surface area contributed by atoms with Crippen LogP contribution < -0.4 is 10.1 Å². The molecule has 118 valence electrons. The maximum atomic E-state index is 5.46. The Bertz CT molecular complexity index is 473. The van der Waals surface area contributed by atoms with E-state index in [1.165, 1.54) is 19.5 Å². The second kappa shape index (κ2) is 7.23. The van der Waals surface area contributed by atoms with Crippen LogP contribution in [0.2, 0.25) is 0 Å². The topological polar surface area (TPSA) is 37.4 Å². The summed E-state index contributed by atoms with van der Waals surface area (Å²) in [5, 5.41) is 3.57. The summed E-state index contributed by atoms with van der Waals surface area (Å²) in [7, 11) is 1.73. The molecule has 1 atom stereocenters. The Hall–Kier alpha value is -1.13. The highest BCUT2D eigenvalue weighted by Gasteiger charge is 2.23. The molecule has 1 aliphatic heterocycles. The molecule has 2 rings (SSSR count). The van der Waals surface area contributed by atoms with E-state index in [9.17, 15) is 0 Å². The number of nitrogens with zero attached hydrogens (tertiary/aromatic N) is 2. The van der Waals surface area contributed by atoms with Crippen LogP contribution in [-0.4, -0.2) is 42.7 Å². The zero-order valence-corrected chi connectivity index (χ0v) is 14.1. The van der Waals surface area contributed by atoms with Gasteiger partial charge in [-0.2, -0.15) is 0 Å². The van der Waals surface area contributed by atoms with Gasteiger partial charge in [0.2, 0.25) is 0 Å². The van der Waals surface area contributed by atoms with Gasteiger partial charge in [-0.1, -0.05) is 0 Å². The van der Waals surface area contributed by atoms with Gasteiger partial charge in [0.15, 0.2) is 0 Å². The number of methoxy groups -OCH3 is 1. The van der Waals surface area contributed by atoms with Crippen LogP contribution in [0.1, 0.15) is 37.1 Å². The molecule has 1 N–H and O–H groups in total. The summed E-state index contributed by atoms with van der Waals surface area (Å²) >= 11 is 0. The number of hydrogen-bond acceptors (Lipinski definition) is 4. The number of rotatable bonds is 6. The zero-order valence-electron chi connectivity index (χ0n) is 14.1. The summed E-state index contributed by atoms with van der Waals surface area (Å²) in [6.07, 6.45) is 3.20. The molecule has 1 saturated heterocycles. The van der Waals surface area contributed by atoms with Crippen LogP contribution in [0.4, 0.5) is 0 Å². The Morgan fingerprint density at radius 3 is 2.81 bits per heavy atom. The fraction of sp³-hybridized carbons (Fsp3) is 0.706. The summed E-state index contributed by atoms with van der Waals surface area (Å²) in [5.74, 6) is 1.73. The number of nitrogens with one attached hydrogen (secondary N) is 1. The van der Waals surface area contributed by atoms with Gasteiger partial charge in [-0.15, -0.1) is 0 Å². The molecule has 1 fully saturated rings. The second-order valence-corrected chi connectivity index (χ2v) is 6.42. The fourth-order valence-electron chi connectivity index (χ4n) is 3.14. The van der Waals surface area contributed by atoms with E-state index in [4.69, 9.17) is 4.74 Å². The van der Waals surface area contributed by atoms with Crippen LogP contribution in [0.5, 0.6) is 5.75 Å². The van der Waals surface area contributed by atoms with Crippen molar-refractivity contribution < 1.29 is 4.74 Å². The monoisotopic (exact) mass is 291 g/mol. The average molecular weight is 291 g/mol. The van der Waals surface area contributed by atoms with Crippen molar-refractivity contribution in [1.82, 2.24) is 15.2 Å². The van der Waals surface area contributed by atoms with Crippen molar-refractivity contribution in [3.63, 3.8) is 0 Å². The van der Waals surface area contributed by atoms with E-state index >= 15 is 0 Å². The molecule has 0 bridgehead atoms. The van der Waals surface area contributed by atoms with E-state index in [1.807, 2.05) is 13.1 Å². The smallest absolute Gasteiger partial charge is 0.128 e. The standard InChI is InChI=1S/C17H29N3O/c1-12(2)20-7-6-15(11-20)9-18-10-16-14(4)17(21-5)13(3)8-19-16/h8,12,15,18H,6-7,9-11H2,1-5H3. The lowest BCUT2D eigenvalue weighted by atomic mass is 10.1. The third kappa shape index (κ3) is 3.95. The van der Waals surface area contributed by atoms with Gasteiger partial charge >= 0.3 is 0 Å². The number of pyridine rings is 1. The molecular formula is C17H29N3O. The minimum Gasteiger partial charge on any atom is -0.496 e. The van der Waals surface area contributed by atoms with Crippen molar-refractivity contribution >= 4 is 0 Å². The first kappa shape index (κ1) is 16.2. The van der Waals surface area contributed by atoms with Crippen molar-refractivity contribution in [2.24, 2.45) is 5.92 Å². The molecule has 0 saturated carbocycles. The Morgan fingerprint density at radius 1 is 1.43 bits per heavy atom. The summed E-state index contributed by atoms with van der Waals surface area (Å²) in [6.45, 7) is 13.0. The molecule has 2 heterocycles. The van der Waals surface area contributed by atoms with Gasteiger partial charge in [0, 0.05) is 36.5 Å². The SMILES string of the molecule is COc1c(C)cnc(CNCC2CCN(C(C)C)C2)c1C. The molecule has 1 aromatic heterocycles. The lowest BCUT2D eigenvalue weighted by Crippen LogP contribution is -2.30. The van der Waals surface area contributed by atoms with Gasteiger partial charge in [-0.3, -0.25) is 4.98 Å². The zero-order chi connectivity index (χ0) is 15.4. The van der Waals surface area contributed by atoms with Crippen molar-refractivity contribution in [3.05, 3.63) is 23.0 Å². The third-order valence-corrected chi connectivity index (χ3v) is 4.52. The Morgan fingerprint density at radius 2 is 2.19 bits per heavy atom. The van der Waals surface area contributed by atoms with E-state index in [1.54, 1.807) is 7.11 Å². The van der Waals surface area contributed by atoms with Gasteiger partial charge in [0.25, 0.3) is 0 Å². The lowest BCUT2D eigenvalue weighted by Gasteiger charge is -2.20. The molecule has 0 aromatic carbocycles. The Balaban J connectivity index is 1.84. The van der Waals surface area contributed by atoms with Gasteiger partial charge < -0.3 is 15.0 Å². The average Bonchev–Trinajstić information content (AvgIpc) is 2.91. The van der Waals surface area contributed by atoms with E-state index in [2.05, 4.69) is 36.0 Å². The van der Waals surface area contributed by atoms with Crippen molar-refractivity contribution in [1.29, 1.82) is 0 Å². The predicted octanol–water partition coefficient (Wildman–Crippen LogP) is 2.53. The first-order valence-corrected chi connectivity index (χ1v) is 7.96. The van der Waals surface area contributed by atoms with Gasteiger partial charge in [0.05, 0.1) is 12.8 Å². The highest BCUT2D eigenvalue weighted by atomic mass is 16.5. The van der Waals surface area contributed by atoms with Crippen molar-refractivity contribution in [3.8, 4) is 5.75 Å². The molecule has 1 aliphatic rings. The first-order chi connectivity index (χ1) is 10.0. The minimum atomic E-state index is 0.667. The number of likely N-dealkylation sites (tertiary alicyclic amines) is 1. The highest BCUT2D eigenvalue weighted by molar-refractivity contribution is 5.40. The second-order valence-electron chi connectivity index (χ2n) is 6.42. The van der Waals surface area contributed by atoms with Crippen molar-refractivity contribution in [2.45, 2.75) is 46.7 Å². The molecule has 21 heavy (non-hydrogen) atoms. The molecular weight excluding hydrogens is 262 g/mol. The molecule has 0 radical (unpaired) electrons. The summed E-state index contributed by atoms with van der Waals surface area (Å²) in [4.78, 5) is 7.10. The van der Waals surface area contributed by atoms with Crippen LogP contribution >= 0.6 is 0 Å². The summed E-state index contributed by atoms with van der Waals surface area (Å²) in [6, 6.07) is 0.667. The van der Waals surface area contributed by atoms with E-state index in [0.29, 0.717) is 6.04 Å². The largest absolute Gasteiger partial charge is 0.496 e. The van der Waals surface area contributed by atoms with Crippen molar-refractivity contribution in [2.75, 3.05) is 26.7 Å². The van der Waals surface area contributed by atoms with E-state index in [-0.39, 0.29) is 0 Å². The normalized spacial score (nSPS) is 19.4. The maximum Gasteiger partial charge on any atom is 0.128 e. The summed E-state index contributed by atoms with van der Waals surface area (Å²) < 4.78 is 5.46. The van der Waals surface area contributed by atoms with Gasteiger partial charge in [0.1, 0.15) is 5.75 Å². The third-order valence-electron chi connectivity index (χ3n) is 4.52. The van der Waals surface area contributed by atoms with Gasteiger partial charge in [-0.05, 0) is 53.1 Å². The maximum absolute atomic E-state index is 5.46. The van der Waals surface area contributed by atoms with Crippen LogP contribution in [0.3, 0.4) is 0 Å². The minimum absolute atomic E-state index is 0.667. The Kier molecular flexibility index (Phi) is 5.59. The number of aromatic nitrogens is 1. The summed E-state index contributed by atoms with van der Waals surface area (Å²) in [5.41, 5.74) is 3.35. The first-order valence-electron chi connectivity index (χ1n) is 7.96. The van der Waals surface area contributed by atoms with Crippen LogP contribution in [0, 0.1) is 19.8 Å². The molecule has 0 aliphatic carbocycles. The molecule has 1 unspecified atom stereocenters. The molecule has 0 spiro atoms.